The Morgan fingerprint density at radius 1 is 0.929 bits per heavy atom. The maximum absolute atomic E-state index is 11.3. The number of rotatable bonds is 2. The standard InChI is InChI=1S/C8H16N4O2/c9-11-7(13)5-3-1-2-4-6(5)8(14)12-10/h5-6H,1-4,9-10H2,(H,11,13)(H,12,14)/t5-,6-/m1/s1. The number of hydrogen-bond donors (Lipinski definition) is 4. The Kier molecular flexibility index (Phi) is 3.84. The molecule has 0 unspecified atom stereocenters. The molecule has 1 saturated carbocycles. The second kappa shape index (κ2) is 4.92. The molecule has 6 N–H and O–H groups in total. The van der Waals surface area contributed by atoms with Crippen LogP contribution in [0.3, 0.4) is 0 Å². The maximum atomic E-state index is 11.3. The average Bonchev–Trinajstić information content (AvgIpc) is 2.27. The third-order valence-electron chi connectivity index (χ3n) is 2.72. The van der Waals surface area contributed by atoms with E-state index in [-0.39, 0.29) is 23.7 Å². The molecule has 1 aliphatic rings. The molecule has 0 saturated heterocycles. The van der Waals surface area contributed by atoms with Crippen LogP contribution in [-0.2, 0) is 9.59 Å². The summed E-state index contributed by atoms with van der Waals surface area (Å²) >= 11 is 0. The lowest BCUT2D eigenvalue weighted by atomic mass is 9.78. The SMILES string of the molecule is NNC(=O)[C@@H]1CCCC[C@H]1C(=O)NN. The minimum Gasteiger partial charge on any atom is -0.294 e. The number of amides is 2. The molecule has 2 amide bonds. The van der Waals surface area contributed by atoms with Gasteiger partial charge in [0, 0.05) is 0 Å². The molecule has 0 aromatic carbocycles. The lowest BCUT2D eigenvalue weighted by molar-refractivity contribution is -0.136. The highest BCUT2D eigenvalue weighted by Gasteiger charge is 2.34. The Morgan fingerprint density at radius 2 is 1.29 bits per heavy atom. The summed E-state index contributed by atoms with van der Waals surface area (Å²) < 4.78 is 0. The third-order valence-corrected chi connectivity index (χ3v) is 2.72. The third kappa shape index (κ3) is 2.21. The van der Waals surface area contributed by atoms with Crippen molar-refractivity contribution in [2.75, 3.05) is 0 Å². The van der Waals surface area contributed by atoms with Crippen molar-refractivity contribution in [3.05, 3.63) is 0 Å². The zero-order valence-corrected chi connectivity index (χ0v) is 7.95. The fourth-order valence-electron chi connectivity index (χ4n) is 1.97. The van der Waals surface area contributed by atoms with Crippen molar-refractivity contribution in [2.24, 2.45) is 23.5 Å². The summed E-state index contributed by atoms with van der Waals surface area (Å²) in [7, 11) is 0. The molecule has 0 heterocycles. The van der Waals surface area contributed by atoms with Crippen LogP contribution in [-0.4, -0.2) is 11.8 Å². The van der Waals surface area contributed by atoms with Crippen LogP contribution in [0.2, 0.25) is 0 Å². The van der Waals surface area contributed by atoms with Crippen LogP contribution < -0.4 is 22.5 Å². The predicted octanol–water partition coefficient (Wildman–Crippen LogP) is -1.23. The smallest absolute Gasteiger partial charge is 0.237 e. The average molecular weight is 200 g/mol. The molecular formula is C8H16N4O2. The molecule has 80 valence electrons. The van der Waals surface area contributed by atoms with E-state index in [1.807, 2.05) is 0 Å². The van der Waals surface area contributed by atoms with E-state index in [4.69, 9.17) is 11.7 Å². The maximum Gasteiger partial charge on any atom is 0.237 e. The van der Waals surface area contributed by atoms with Crippen LogP contribution in [0.1, 0.15) is 25.7 Å². The van der Waals surface area contributed by atoms with Gasteiger partial charge in [-0.25, -0.2) is 11.7 Å². The molecule has 6 heteroatoms. The first-order valence-corrected chi connectivity index (χ1v) is 4.71. The first kappa shape index (κ1) is 10.9. The predicted molar refractivity (Wildman–Crippen MR) is 50.1 cm³/mol. The van der Waals surface area contributed by atoms with Crippen molar-refractivity contribution in [1.82, 2.24) is 10.9 Å². The summed E-state index contributed by atoms with van der Waals surface area (Å²) in [6, 6.07) is 0. The lowest BCUT2D eigenvalue weighted by Gasteiger charge is -2.28. The van der Waals surface area contributed by atoms with Gasteiger partial charge >= 0.3 is 0 Å². The van der Waals surface area contributed by atoms with Crippen molar-refractivity contribution in [3.63, 3.8) is 0 Å². The quantitative estimate of drug-likeness (QED) is 0.254. The van der Waals surface area contributed by atoms with Crippen LogP contribution in [0.5, 0.6) is 0 Å². The molecule has 0 spiro atoms. The summed E-state index contributed by atoms with van der Waals surface area (Å²) in [5.41, 5.74) is 4.17. The summed E-state index contributed by atoms with van der Waals surface area (Å²) in [4.78, 5) is 22.7. The Labute approximate surface area is 82.3 Å². The molecule has 0 aromatic heterocycles. The van der Waals surface area contributed by atoms with E-state index in [1.54, 1.807) is 0 Å². The fraction of sp³-hybridized carbons (Fsp3) is 0.750. The van der Waals surface area contributed by atoms with Crippen LogP contribution >= 0.6 is 0 Å². The van der Waals surface area contributed by atoms with Gasteiger partial charge in [-0.2, -0.15) is 0 Å². The molecule has 1 fully saturated rings. The summed E-state index contributed by atoms with van der Waals surface area (Å²) in [5.74, 6) is 8.86. The second-order valence-electron chi connectivity index (χ2n) is 3.51. The Morgan fingerprint density at radius 3 is 1.57 bits per heavy atom. The number of nitrogens with two attached hydrogens (primary N) is 2. The second-order valence-corrected chi connectivity index (χ2v) is 3.51. The molecule has 1 aliphatic carbocycles. The van der Waals surface area contributed by atoms with Crippen LogP contribution in [0.25, 0.3) is 0 Å². The minimum atomic E-state index is -0.336. The van der Waals surface area contributed by atoms with E-state index >= 15 is 0 Å². The fourth-order valence-corrected chi connectivity index (χ4v) is 1.97. The highest BCUT2D eigenvalue weighted by atomic mass is 16.2. The highest BCUT2D eigenvalue weighted by molar-refractivity contribution is 5.87. The van der Waals surface area contributed by atoms with Gasteiger partial charge in [-0.1, -0.05) is 12.8 Å². The highest BCUT2D eigenvalue weighted by Crippen LogP contribution is 2.29. The van der Waals surface area contributed by atoms with E-state index in [0.29, 0.717) is 12.8 Å². The first-order chi connectivity index (χ1) is 6.70. The van der Waals surface area contributed by atoms with Gasteiger partial charge in [-0.3, -0.25) is 20.4 Å². The number of carbonyl (C=O) groups is 2. The van der Waals surface area contributed by atoms with Crippen molar-refractivity contribution in [2.45, 2.75) is 25.7 Å². The number of hydrazine groups is 2. The zero-order chi connectivity index (χ0) is 10.6. The molecule has 0 aromatic rings. The van der Waals surface area contributed by atoms with Gasteiger partial charge in [-0.15, -0.1) is 0 Å². The largest absolute Gasteiger partial charge is 0.294 e. The van der Waals surface area contributed by atoms with Crippen molar-refractivity contribution in [3.8, 4) is 0 Å². The minimum absolute atomic E-state index is 0.279. The van der Waals surface area contributed by atoms with Gasteiger partial charge < -0.3 is 0 Å². The Balaban J connectivity index is 2.68. The Hall–Kier alpha value is -1.14. The molecule has 1 rings (SSSR count). The van der Waals surface area contributed by atoms with E-state index < -0.39 is 0 Å². The van der Waals surface area contributed by atoms with Gasteiger partial charge in [0.25, 0.3) is 0 Å². The van der Waals surface area contributed by atoms with Gasteiger partial charge in [0.1, 0.15) is 0 Å². The molecule has 6 nitrogen and oxygen atoms in total. The summed E-state index contributed by atoms with van der Waals surface area (Å²) in [6.07, 6.45) is 3.29. The van der Waals surface area contributed by atoms with E-state index in [2.05, 4.69) is 10.9 Å². The van der Waals surface area contributed by atoms with Crippen molar-refractivity contribution in [1.29, 1.82) is 0 Å². The molecule has 14 heavy (non-hydrogen) atoms. The summed E-state index contributed by atoms with van der Waals surface area (Å²) in [5, 5.41) is 0. The topological polar surface area (TPSA) is 110 Å². The van der Waals surface area contributed by atoms with Crippen molar-refractivity contribution >= 4 is 11.8 Å². The zero-order valence-electron chi connectivity index (χ0n) is 7.95. The first-order valence-electron chi connectivity index (χ1n) is 4.71. The monoisotopic (exact) mass is 200 g/mol. The van der Waals surface area contributed by atoms with Crippen LogP contribution in [0.4, 0.5) is 0 Å². The Bertz CT molecular complexity index is 207. The van der Waals surface area contributed by atoms with Crippen LogP contribution in [0.15, 0.2) is 0 Å². The van der Waals surface area contributed by atoms with Gasteiger partial charge in [-0.05, 0) is 12.8 Å². The summed E-state index contributed by atoms with van der Waals surface area (Å²) in [6.45, 7) is 0. The molecule has 0 aliphatic heterocycles. The molecule has 0 bridgehead atoms. The van der Waals surface area contributed by atoms with E-state index in [1.165, 1.54) is 0 Å². The molecule has 0 radical (unpaired) electrons. The van der Waals surface area contributed by atoms with Crippen LogP contribution in [0, 0.1) is 11.8 Å². The van der Waals surface area contributed by atoms with E-state index in [0.717, 1.165) is 12.8 Å². The normalized spacial score (nSPS) is 26.7. The number of hydrogen-bond acceptors (Lipinski definition) is 4. The van der Waals surface area contributed by atoms with Gasteiger partial charge in [0.05, 0.1) is 11.8 Å². The lowest BCUT2D eigenvalue weighted by Crippen LogP contribution is -2.47. The van der Waals surface area contributed by atoms with Crippen molar-refractivity contribution < 1.29 is 9.59 Å². The number of carbonyl (C=O) groups excluding carboxylic acids is 2. The molecule has 2 atom stereocenters. The van der Waals surface area contributed by atoms with Gasteiger partial charge in [0.15, 0.2) is 0 Å². The van der Waals surface area contributed by atoms with Gasteiger partial charge in [0.2, 0.25) is 11.8 Å². The van der Waals surface area contributed by atoms with E-state index in [9.17, 15) is 9.59 Å². The molecular weight excluding hydrogens is 184 g/mol. The number of nitrogens with one attached hydrogen (secondary N) is 2.